The van der Waals surface area contributed by atoms with Crippen molar-refractivity contribution >= 4 is 27.7 Å². The molecule has 23 heavy (non-hydrogen) atoms. The molecule has 2 rings (SSSR count). The topological polar surface area (TPSA) is 69.7 Å². The molecule has 1 aliphatic rings. The Balaban J connectivity index is 2.08. The van der Waals surface area contributed by atoms with E-state index in [1.165, 1.54) is 10.4 Å². The molecule has 0 aliphatic carbocycles. The Hall–Kier alpha value is -1.31. The second-order valence-corrected chi connectivity index (χ2v) is 7.72. The fourth-order valence-electron chi connectivity index (χ4n) is 2.47. The van der Waals surface area contributed by atoms with E-state index in [1.807, 2.05) is 6.92 Å². The van der Waals surface area contributed by atoms with Crippen LogP contribution in [0.5, 0.6) is 0 Å². The minimum atomic E-state index is -3.64. The first-order valence-corrected chi connectivity index (χ1v) is 9.56. The van der Waals surface area contributed by atoms with Gasteiger partial charge in [0, 0.05) is 32.7 Å². The second-order valence-electron chi connectivity index (χ2n) is 5.41. The van der Waals surface area contributed by atoms with Crippen molar-refractivity contribution in [2.45, 2.75) is 24.7 Å². The SMILES string of the molecule is CCCNC(=O)N1CCCN(S(=O)(=O)c2ccccc2Cl)CC1. The van der Waals surface area contributed by atoms with Crippen LogP contribution in [-0.4, -0.2) is 56.4 Å². The summed E-state index contributed by atoms with van der Waals surface area (Å²) in [6.07, 6.45) is 1.47. The van der Waals surface area contributed by atoms with E-state index in [4.69, 9.17) is 11.6 Å². The number of carbonyl (C=O) groups is 1. The van der Waals surface area contributed by atoms with Gasteiger partial charge in [-0.15, -0.1) is 0 Å². The van der Waals surface area contributed by atoms with Gasteiger partial charge in [0.15, 0.2) is 0 Å². The fraction of sp³-hybridized carbons (Fsp3) is 0.533. The number of urea groups is 1. The predicted molar refractivity (Wildman–Crippen MR) is 90.1 cm³/mol. The van der Waals surface area contributed by atoms with E-state index in [2.05, 4.69) is 5.32 Å². The number of hydrogen-bond acceptors (Lipinski definition) is 3. The van der Waals surface area contributed by atoms with Crippen molar-refractivity contribution in [3.8, 4) is 0 Å². The number of hydrogen-bond donors (Lipinski definition) is 1. The molecule has 1 saturated heterocycles. The summed E-state index contributed by atoms with van der Waals surface area (Å²) < 4.78 is 26.9. The van der Waals surface area contributed by atoms with E-state index in [1.54, 1.807) is 23.1 Å². The maximum atomic E-state index is 12.7. The van der Waals surface area contributed by atoms with Crippen LogP contribution in [0.2, 0.25) is 5.02 Å². The highest BCUT2D eigenvalue weighted by Crippen LogP contribution is 2.25. The average molecular weight is 360 g/mol. The zero-order valence-electron chi connectivity index (χ0n) is 13.2. The Morgan fingerprint density at radius 1 is 1.22 bits per heavy atom. The average Bonchev–Trinajstić information content (AvgIpc) is 2.79. The third-order valence-electron chi connectivity index (χ3n) is 3.72. The van der Waals surface area contributed by atoms with E-state index in [0.717, 1.165) is 6.42 Å². The molecular weight excluding hydrogens is 338 g/mol. The zero-order valence-corrected chi connectivity index (χ0v) is 14.7. The molecule has 0 atom stereocenters. The Bertz CT molecular complexity index is 651. The minimum absolute atomic E-state index is 0.116. The van der Waals surface area contributed by atoms with Crippen LogP contribution < -0.4 is 5.32 Å². The van der Waals surface area contributed by atoms with Gasteiger partial charge in [0.1, 0.15) is 4.90 Å². The largest absolute Gasteiger partial charge is 0.338 e. The number of sulfonamides is 1. The Morgan fingerprint density at radius 2 is 1.96 bits per heavy atom. The molecule has 0 unspecified atom stereocenters. The maximum absolute atomic E-state index is 12.7. The Kier molecular flexibility index (Phi) is 6.26. The molecule has 8 heteroatoms. The van der Waals surface area contributed by atoms with Gasteiger partial charge in [0.25, 0.3) is 0 Å². The summed E-state index contributed by atoms with van der Waals surface area (Å²) in [6, 6.07) is 6.29. The van der Waals surface area contributed by atoms with Crippen LogP contribution >= 0.6 is 11.6 Å². The number of amides is 2. The van der Waals surface area contributed by atoms with Crippen LogP contribution in [0.1, 0.15) is 19.8 Å². The van der Waals surface area contributed by atoms with Gasteiger partial charge < -0.3 is 10.2 Å². The molecule has 128 valence electrons. The monoisotopic (exact) mass is 359 g/mol. The van der Waals surface area contributed by atoms with E-state index in [9.17, 15) is 13.2 Å². The smallest absolute Gasteiger partial charge is 0.317 e. The number of rotatable bonds is 4. The number of benzene rings is 1. The quantitative estimate of drug-likeness (QED) is 0.895. The molecule has 1 aromatic carbocycles. The van der Waals surface area contributed by atoms with Crippen molar-refractivity contribution in [3.63, 3.8) is 0 Å². The molecule has 0 aromatic heterocycles. The molecule has 0 radical (unpaired) electrons. The van der Waals surface area contributed by atoms with Crippen molar-refractivity contribution in [1.29, 1.82) is 0 Å². The molecule has 0 saturated carbocycles. The van der Waals surface area contributed by atoms with Crippen molar-refractivity contribution in [2.75, 3.05) is 32.7 Å². The predicted octanol–water partition coefficient (Wildman–Crippen LogP) is 2.16. The van der Waals surface area contributed by atoms with Crippen molar-refractivity contribution in [1.82, 2.24) is 14.5 Å². The lowest BCUT2D eigenvalue weighted by Crippen LogP contribution is -2.42. The lowest BCUT2D eigenvalue weighted by molar-refractivity contribution is 0.200. The van der Waals surface area contributed by atoms with Gasteiger partial charge in [-0.2, -0.15) is 4.31 Å². The van der Waals surface area contributed by atoms with Crippen molar-refractivity contribution < 1.29 is 13.2 Å². The third-order valence-corrected chi connectivity index (χ3v) is 6.12. The van der Waals surface area contributed by atoms with Gasteiger partial charge in [0.05, 0.1) is 5.02 Å². The summed E-state index contributed by atoms with van der Waals surface area (Å²) in [5.74, 6) is 0. The molecule has 1 aromatic rings. The van der Waals surface area contributed by atoms with Gasteiger partial charge in [-0.25, -0.2) is 13.2 Å². The Morgan fingerprint density at radius 3 is 2.65 bits per heavy atom. The second kappa shape index (κ2) is 7.99. The standard InChI is InChI=1S/C15H22ClN3O3S/c1-2-8-17-15(20)18-9-5-10-19(12-11-18)23(21,22)14-7-4-3-6-13(14)16/h3-4,6-7H,2,5,8-12H2,1H3,(H,17,20). The van der Waals surface area contributed by atoms with Crippen LogP contribution in [0.3, 0.4) is 0 Å². The molecule has 2 amide bonds. The molecule has 1 aliphatic heterocycles. The maximum Gasteiger partial charge on any atom is 0.317 e. The van der Waals surface area contributed by atoms with Gasteiger partial charge in [-0.1, -0.05) is 30.7 Å². The molecule has 0 bridgehead atoms. The van der Waals surface area contributed by atoms with Crippen LogP contribution in [-0.2, 0) is 10.0 Å². The summed E-state index contributed by atoms with van der Waals surface area (Å²) in [5, 5.41) is 3.04. The molecule has 0 spiro atoms. The van der Waals surface area contributed by atoms with Gasteiger partial charge in [0.2, 0.25) is 10.0 Å². The fourth-order valence-corrected chi connectivity index (χ4v) is 4.44. The highest BCUT2D eigenvalue weighted by molar-refractivity contribution is 7.89. The molecular formula is C15H22ClN3O3S. The number of halogens is 1. The molecule has 1 heterocycles. The molecule has 6 nitrogen and oxygen atoms in total. The summed E-state index contributed by atoms with van der Waals surface area (Å²) in [4.78, 5) is 13.8. The summed E-state index contributed by atoms with van der Waals surface area (Å²) in [5.41, 5.74) is 0. The number of nitrogens with zero attached hydrogens (tertiary/aromatic N) is 2. The minimum Gasteiger partial charge on any atom is -0.338 e. The lowest BCUT2D eigenvalue weighted by Gasteiger charge is -2.22. The molecule has 1 fully saturated rings. The van der Waals surface area contributed by atoms with E-state index in [-0.39, 0.29) is 22.5 Å². The first-order valence-electron chi connectivity index (χ1n) is 7.74. The summed E-state index contributed by atoms with van der Waals surface area (Å²) >= 11 is 6.02. The summed E-state index contributed by atoms with van der Waals surface area (Å²) in [6.45, 7) is 4.18. The van der Waals surface area contributed by atoms with Crippen molar-refractivity contribution in [2.24, 2.45) is 0 Å². The molecule has 1 N–H and O–H groups in total. The highest BCUT2D eigenvalue weighted by atomic mass is 35.5. The normalized spacial score (nSPS) is 16.9. The lowest BCUT2D eigenvalue weighted by atomic mass is 10.4. The first kappa shape index (κ1) is 18.0. The number of carbonyl (C=O) groups excluding carboxylic acids is 1. The van der Waals surface area contributed by atoms with Gasteiger partial charge in [-0.05, 0) is 25.0 Å². The van der Waals surface area contributed by atoms with Crippen LogP contribution in [0.25, 0.3) is 0 Å². The van der Waals surface area contributed by atoms with Gasteiger partial charge in [-0.3, -0.25) is 0 Å². The third kappa shape index (κ3) is 4.37. The highest BCUT2D eigenvalue weighted by Gasteiger charge is 2.29. The zero-order chi connectivity index (χ0) is 16.9. The van der Waals surface area contributed by atoms with Crippen LogP contribution in [0, 0.1) is 0 Å². The van der Waals surface area contributed by atoms with Crippen molar-refractivity contribution in [3.05, 3.63) is 29.3 Å². The van der Waals surface area contributed by atoms with E-state index in [0.29, 0.717) is 32.6 Å². The van der Waals surface area contributed by atoms with E-state index >= 15 is 0 Å². The Labute approximate surface area is 142 Å². The van der Waals surface area contributed by atoms with E-state index < -0.39 is 10.0 Å². The first-order chi connectivity index (χ1) is 11.0. The van der Waals surface area contributed by atoms with Gasteiger partial charge >= 0.3 is 6.03 Å². The number of nitrogens with one attached hydrogen (secondary N) is 1. The van der Waals surface area contributed by atoms with Crippen LogP contribution in [0.15, 0.2) is 29.2 Å². The summed E-state index contributed by atoms with van der Waals surface area (Å²) in [7, 11) is -3.64. The van der Waals surface area contributed by atoms with Crippen LogP contribution in [0.4, 0.5) is 4.79 Å².